The van der Waals surface area contributed by atoms with E-state index in [1.54, 1.807) is 34.5 Å². The van der Waals surface area contributed by atoms with E-state index in [1.165, 1.54) is 43.1 Å². The number of aryl methyl sites for hydroxylation is 1. The Kier molecular flexibility index (Phi) is 6.60. The van der Waals surface area contributed by atoms with E-state index in [0.29, 0.717) is 12.5 Å². The lowest BCUT2D eigenvalue weighted by atomic mass is 9.84. The zero-order valence-electron chi connectivity index (χ0n) is 18.9. The third kappa shape index (κ3) is 4.62. The van der Waals surface area contributed by atoms with Crippen LogP contribution in [0.1, 0.15) is 50.2 Å². The van der Waals surface area contributed by atoms with Gasteiger partial charge in [0.15, 0.2) is 22.5 Å². The van der Waals surface area contributed by atoms with Crippen LogP contribution >= 0.6 is 23.1 Å². The fraction of sp³-hybridized carbons (Fsp3) is 0.542. The number of fused-ring (bicyclic) bond motifs is 2. The molecular formula is C24H29FN4O2S2. The molecule has 0 saturated heterocycles. The maximum Gasteiger partial charge on any atom is 0.307 e. The Balaban J connectivity index is 1.35. The van der Waals surface area contributed by atoms with Crippen molar-refractivity contribution in [3.8, 4) is 5.75 Å². The SMILES string of the molecule is Cc1csc(=O)n1CCSc1nnc(COc2ccccc2F)n1C(C)C1CC2CCC1C2. The molecule has 9 heteroatoms. The quantitative estimate of drug-likeness (QED) is 0.382. The van der Waals surface area contributed by atoms with Gasteiger partial charge in [-0.05, 0) is 63.0 Å². The first-order chi connectivity index (χ1) is 16.0. The molecule has 2 aliphatic rings. The van der Waals surface area contributed by atoms with Gasteiger partial charge in [-0.25, -0.2) is 4.39 Å². The fourth-order valence-electron chi connectivity index (χ4n) is 5.60. The maximum atomic E-state index is 14.1. The highest BCUT2D eigenvalue weighted by atomic mass is 32.2. The van der Waals surface area contributed by atoms with Gasteiger partial charge in [0, 0.05) is 29.4 Å². The van der Waals surface area contributed by atoms with Crippen molar-refractivity contribution in [1.29, 1.82) is 0 Å². The summed E-state index contributed by atoms with van der Waals surface area (Å²) in [5, 5.41) is 11.7. The highest BCUT2D eigenvalue weighted by molar-refractivity contribution is 7.99. The summed E-state index contributed by atoms with van der Waals surface area (Å²) < 4.78 is 23.9. The van der Waals surface area contributed by atoms with Gasteiger partial charge in [0.2, 0.25) is 0 Å². The molecule has 5 rings (SSSR count). The molecule has 2 aromatic heterocycles. The largest absolute Gasteiger partial charge is 0.483 e. The molecule has 0 aliphatic heterocycles. The van der Waals surface area contributed by atoms with Crippen LogP contribution in [0.2, 0.25) is 0 Å². The lowest BCUT2D eigenvalue weighted by molar-refractivity contribution is 0.215. The highest BCUT2D eigenvalue weighted by Crippen LogP contribution is 2.52. The first-order valence-electron chi connectivity index (χ1n) is 11.6. The number of thiazole rings is 1. The van der Waals surface area contributed by atoms with Gasteiger partial charge in [0.05, 0.1) is 0 Å². The highest BCUT2D eigenvalue weighted by Gasteiger charge is 2.43. The van der Waals surface area contributed by atoms with Crippen molar-refractivity contribution < 1.29 is 9.13 Å². The van der Waals surface area contributed by atoms with Gasteiger partial charge < -0.3 is 9.30 Å². The van der Waals surface area contributed by atoms with Crippen molar-refractivity contribution in [3.63, 3.8) is 0 Å². The third-order valence-electron chi connectivity index (χ3n) is 7.27. The van der Waals surface area contributed by atoms with E-state index in [0.717, 1.165) is 34.3 Å². The summed E-state index contributed by atoms with van der Waals surface area (Å²) in [5.41, 5.74) is 0.987. The van der Waals surface area contributed by atoms with Crippen LogP contribution in [0, 0.1) is 30.5 Å². The average molecular weight is 489 g/mol. The van der Waals surface area contributed by atoms with Gasteiger partial charge >= 0.3 is 4.87 Å². The summed E-state index contributed by atoms with van der Waals surface area (Å²) in [6, 6.07) is 6.69. The monoisotopic (exact) mass is 488 g/mol. The standard InChI is InChI=1S/C24H29FN4O2S2/c1-15-14-33-24(30)28(15)9-10-32-23-27-26-22(13-31-21-6-4-3-5-20(21)25)29(23)16(2)19-12-17-7-8-18(19)11-17/h3-6,14,16-19H,7-13H2,1-2H3. The van der Waals surface area contributed by atoms with Crippen LogP contribution in [-0.2, 0) is 13.2 Å². The van der Waals surface area contributed by atoms with Gasteiger partial charge in [0.25, 0.3) is 0 Å². The molecule has 2 aliphatic carbocycles. The number of ether oxygens (including phenoxy) is 1. The van der Waals surface area contributed by atoms with Gasteiger partial charge in [-0.15, -0.1) is 10.2 Å². The second-order valence-electron chi connectivity index (χ2n) is 9.21. The van der Waals surface area contributed by atoms with Crippen LogP contribution in [0.3, 0.4) is 0 Å². The number of rotatable bonds is 9. The Morgan fingerprint density at radius 2 is 2.12 bits per heavy atom. The smallest absolute Gasteiger partial charge is 0.307 e. The minimum absolute atomic E-state index is 0.0730. The summed E-state index contributed by atoms with van der Waals surface area (Å²) in [6.07, 6.45) is 5.26. The van der Waals surface area contributed by atoms with Crippen LogP contribution in [0.4, 0.5) is 4.39 Å². The van der Waals surface area contributed by atoms with Crippen LogP contribution in [0.5, 0.6) is 5.75 Å². The van der Waals surface area contributed by atoms with Crippen LogP contribution < -0.4 is 9.61 Å². The number of halogens is 1. The minimum Gasteiger partial charge on any atom is -0.483 e. The van der Waals surface area contributed by atoms with Crippen molar-refractivity contribution in [2.75, 3.05) is 5.75 Å². The lowest BCUT2D eigenvalue weighted by Gasteiger charge is -2.30. The first-order valence-corrected chi connectivity index (χ1v) is 13.5. The van der Waals surface area contributed by atoms with Gasteiger partial charge in [-0.2, -0.15) is 0 Å². The summed E-state index contributed by atoms with van der Waals surface area (Å²) >= 11 is 2.86. The van der Waals surface area contributed by atoms with Crippen molar-refractivity contribution >= 4 is 23.1 Å². The number of nitrogens with zero attached hydrogens (tertiary/aromatic N) is 4. The molecule has 4 unspecified atom stereocenters. The predicted molar refractivity (Wildman–Crippen MR) is 128 cm³/mol. The Labute approximate surface area is 201 Å². The van der Waals surface area contributed by atoms with Crippen molar-refractivity contribution in [2.24, 2.45) is 17.8 Å². The molecule has 6 nitrogen and oxygen atoms in total. The van der Waals surface area contributed by atoms with Gasteiger partial charge in [-0.1, -0.05) is 41.7 Å². The van der Waals surface area contributed by atoms with Crippen LogP contribution in [0.15, 0.2) is 39.6 Å². The normalized spacial score (nSPS) is 22.7. The number of para-hydroxylation sites is 1. The van der Waals surface area contributed by atoms with E-state index in [2.05, 4.69) is 21.7 Å². The maximum absolute atomic E-state index is 14.1. The molecule has 2 fully saturated rings. The molecule has 2 heterocycles. The van der Waals surface area contributed by atoms with E-state index in [-0.39, 0.29) is 29.1 Å². The molecule has 2 bridgehead atoms. The van der Waals surface area contributed by atoms with Crippen LogP contribution in [0.25, 0.3) is 0 Å². The molecule has 3 aromatic rings. The van der Waals surface area contributed by atoms with Crippen molar-refractivity contribution in [3.05, 3.63) is 56.6 Å². The Hall–Kier alpha value is -2.13. The molecule has 1 aromatic carbocycles. The molecular weight excluding hydrogens is 459 g/mol. The molecule has 4 atom stereocenters. The van der Waals surface area contributed by atoms with Gasteiger partial charge in [-0.3, -0.25) is 9.36 Å². The topological polar surface area (TPSA) is 61.9 Å². The number of thioether (sulfide) groups is 1. The van der Waals surface area contributed by atoms with E-state index < -0.39 is 0 Å². The van der Waals surface area contributed by atoms with E-state index in [9.17, 15) is 9.18 Å². The fourth-order valence-corrected chi connectivity index (χ4v) is 7.32. The number of hydrogen-bond donors (Lipinski definition) is 0. The summed E-state index contributed by atoms with van der Waals surface area (Å²) in [7, 11) is 0. The van der Waals surface area contributed by atoms with E-state index >= 15 is 0 Å². The number of aromatic nitrogens is 4. The third-order valence-corrected chi connectivity index (χ3v) is 9.07. The molecule has 0 amide bonds. The van der Waals surface area contributed by atoms with Crippen molar-refractivity contribution in [2.45, 2.75) is 63.9 Å². The molecule has 176 valence electrons. The second-order valence-corrected chi connectivity index (χ2v) is 11.1. The number of hydrogen-bond acceptors (Lipinski definition) is 6. The Bertz CT molecular complexity index is 1170. The Morgan fingerprint density at radius 1 is 1.27 bits per heavy atom. The zero-order chi connectivity index (χ0) is 22.9. The van der Waals surface area contributed by atoms with Crippen LogP contribution in [-0.4, -0.2) is 25.1 Å². The minimum atomic E-state index is -0.379. The summed E-state index contributed by atoms with van der Waals surface area (Å²) in [4.78, 5) is 12.1. The molecule has 2 saturated carbocycles. The first kappa shape index (κ1) is 22.7. The average Bonchev–Trinajstić information content (AvgIpc) is 3.59. The molecule has 0 N–H and O–H groups in total. The van der Waals surface area contributed by atoms with E-state index in [1.807, 2.05) is 12.3 Å². The summed E-state index contributed by atoms with van der Waals surface area (Å²) in [6.45, 7) is 5.03. The lowest BCUT2D eigenvalue weighted by Crippen LogP contribution is -2.24. The second kappa shape index (κ2) is 9.62. The van der Waals surface area contributed by atoms with E-state index in [4.69, 9.17) is 4.74 Å². The summed E-state index contributed by atoms with van der Waals surface area (Å²) in [5.74, 6) is 3.51. The van der Waals surface area contributed by atoms with Crippen molar-refractivity contribution in [1.82, 2.24) is 19.3 Å². The molecule has 33 heavy (non-hydrogen) atoms. The predicted octanol–water partition coefficient (Wildman–Crippen LogP) is 5.32. The number of benzene rings is 1. The molecule has 0 radical (unpaired) electrons. The zero-order valence-corrected chi connectivity index (χ0v) is 20.6. The van der Waals surface area contributed by atoms with Gasteiger partial charge in [0.1, 0.15) is 6.61 Å². The molecule has 0 spiro atoms. The Morgan fingerprint density at radius 3 is 2.82 bits per heavy atom.